The Kier molecular flexibility index (Phi) is 7.29. The summed E-state index contributed by atoms with van der Waals surface area (Å²) in [4.78, 5) is 1.15. The summed E-state index contributed by atoms with van der Waals surface area (Å²) in [5.74, 6) is 0.967. The lowest BCUT2D eigenvalue weighted by atomic mass is 10.2. The molecule has 0 aliphatic rings. The van der Waals surface area contributed by atoms with Crippen LogP contribution in [0.25, 0.3) is 0 Å². The molecule has 0 heterocycles. The molecule has 3 aromatic carbocycles. The summed E-state index contributed by atoms with van der Waals surface area (Å²) in [5.41, 5.74) is 14.4. The van der Waals surface area contributed by atoms with Crippen LogP contribution in [0.15, 0.2) is 83.8 Å². The number of benzene rings is 3. The molecule has 4 heteroatoms. The number of nitrogens with two attached hydrogens (primary N) is 2. The van der Waals surface area contributed by atoms with Crippen LogP contribution >= 0.6 is 34.4 Å². The summed E-state index contributed by atoms with van der Waals surface area (Å²) >= 11 is 3.97. The van der Waals surface area contributed by atoms with Crippen LogP contribution in [-0.2, 0) is 5.75 Å². The van der Waals surface area contributed by atoms with Crippen LogP contribution in [0.1, 0.15) is 5.56 Å². The average Bonchev–Trinajstić information content (AvgIpc) is 2.58. The van der Waals surface area contributed by atoms with Gasteiger partial charge in [0.2, 0.25) is 0 Å². The predicted molar refractivity (Wildman–Crippen MR) is 110 cm³/mol. The van der Waals surface area contributed by atoms with Crippen LogP contribution in [0.4, 0.5) is 11.4 Å². The molecule has 3 rings (SSSR count). The van der Waals surface area contributed by atoms with Crippen molar-refractivity contribution in [1.82, 2.24) is 0 Å². The van der Waals surface area contributed by atoms with Gasteiger partial charge in [-0.3, -0.25) is 0 Å². The first-order valence-corrected chi connectivity index (χ1v) is 9.24. The molecule has 2 nitrogen and oxygen atoms in total. The highest BCUT2D eigenvalue weighted by Crippen LogP contribution is 2.27. The van der Waals surface area contributed by atoms with Gasteiger partial charge in [-0.25, -0.2) is 0 Å². The summed E-state index contributed by atoms with van der Waals surface area (Å²) in [7, 11) is 0. The molecule has 0 unspecified atom stereocenters. The van der Waals surface area contributed by atoms with Gasteiger partial charge in [0.25, 0.3) is 0 Å². The molecule has 0 bridgehead atoms. The first-order valence-electron chi connectivity index (χ1n) is 7.18. The van der Waals surface area contributed by atoms with Crippen molar-refractivity contribution in [2.45, 2.75) is 10.6 Å². The third-order valence-electron chi connectivity index (χ3n) is 3.06. The van der Waals surface area contributed by atoms with Crippen LogP contribution in [-0.4, -0.2) is 0 Å². The molecule has 0 amide bonds. The monoisotopic (exact) mass is 434 g/mol. The van der Waals surface area contributed by atoms with Gasteiger partial charge in [0, 0.05) is 25.6 Å². The van der Waals surface area contributed by atoms with E-state index in [4.69, 9.17) is 11.5 Å². The van der Waals surface area contributed by atoms with Crippen molar-refractivity contribution in [2.24, 2.45) is 0 Å². The van der Waals surface area contributed by atoms with Crippen molar-refractivity contribution in [1.29, 1.82) is 0 Å². The summed E-state index contributed by atoms with van der Waals surface area (Å²) in [5, 5.41) is 0. The van der Waals surface area contributed by atoms with E-state index in [1.54, 1.807) is 11.8 Å². The van der Waals surface area contributed by atoms with E-state index in [1.165, 1.54) is 5.56 Å². The Morgan fingerprint density at radius 3 is 1.83 bits per heavy atom. The van der Waals surface area contributed by atoms with Gasteiger partial charge in [-0.05, 0) is 52.4 Å². The molecule has 0 aliphatic carbocycles. The minimum absolute atomic E-state index is 0.855. The highest BCUT2D eigenvalue weighted by molar-refractivity contribution is 14.1. The number of halogens is 1. The predicted octanol–water partition coefficient (Wildman–Crippen LogP) is 5.43. The van der Waals surface area contributed by atoms with Gasteiger partial charge in [-0.2, -0.15) is 0 Å². The number of anilines is 2. The van der Waals surface area contributed by atoms with E-state index in [2.05, 4.69) is 52.9 Å². The SMILES string of the molecule is Nc1ccccc1I.Nc1ccccc1SCc1ccccc1. The van der Waals surface area contributed by atoms with Crippen LogP contribution in [0.2, 0.25) is 0 Å². The Bertz CT molecular complexity index is 711. The number of nitrogen functional groups attached to an aromatic ring is 2. The van der Waals surface area contributed by atoms with E-state index in [1.807, 2.05) is 48.5 Å². The number of hydrogen-bond donors (Lipinski definition) is 2. The van der Waals surface area contributed by atoms with Gasteiger partial charge >= 0.3 is 0 Å². The smallest absolute Gasteiger partial charge is 0.0452 e. The van der Waals surface area contributed by atoms with Crippen molar-refractivity contribution in [3.63, 3.8) is 0 Å². The molecule has 0 aliphatic heterocycles. The number of thioether (sulfide) groups is 1. The molecule has 118 valence electrons. The van der Waals surface area contributed by atoms with E-state index in [0.717, 1.165) is 25.6 Å². The van der Waals surface area contributed by atoms with Crippen molar-refractivity contribution in [2.75, 3.05) is 11.5 Å². The molecule has 0 atom stereocenters. The zero-order chi connectivity index (χ0) is 16.5. The van der Waals surface area contributed by atoms with E-state index in [9.17, 15) is 0 Å². The highest BCUT2D eigenvalue weighted by Gasteiger charge is 1.98. The van der Waals surface area contributed by atoms with Crippen molar-refractivity contribution in [3.8, 4) is 0 Å². The molecule has 4 N–H and O–H groups in total. The fourth-order valence-electron chi connectivity index (χ4n) is 1.82. The van der Waals surface area contributed by atoms with Crippen LogP contribution in [0.3, 0.4) is 0 Å². The Balaban J connectivity index is 0.000000203. The molecule has 0 aromatic heterocycles. The molecular formula is C19H19IN2S. The van der Waals surface area contributed by atoms with E-state index in [-0.39, 0.29) is 0 Å². The zero-order valence-corrected chi connectivity index (χ0v) is 15.6. The Hall–Kier alpha value is -1.66. The normalized spacial score (nSPS) is 9.78. The van der Waals surface area contributed by atoms with Gasteiger partial charge in [-0.15, -0.1) is 11.8 Å². The number of rotatable bonds is 3. The summed E-state index contributed by atoms with van der Waals surface area (Å²) in [6, 6.07) is 26.2. The average molecular weight is 434 g/mol. The van der Waals surface area contributed by atoms with Gasteiger partial charge in [0.1, 0.15) is 0 Å². The number of para-hydroxylation sites is 2. The second kappa shape index (κ2) is 9.47. The van der Waals surface area contributed by atoms with E-state index in [0.29, 0.717) is 0 Å². The maximum absolute atomic E-state index is 5.86. The standard InChI is InChI=1S/C13H13NS.C6H6IN/c14-12-8-4-5-9-13(12)15-10-11-6-2-1-3-7-11;7-5-3-1-2-4-6(5)8/h1-9H,10,14H2;1-4H,8H2. The van der Waals surface area contributed by atoms with Gasteiger partial charge in [-0.1, -0.05) is 54.6 Å². The molecule has 0 spiro atoms. The van der Waals surface area contributed by atoms with Crippen LogP contribution in [0.5, 0.6) is 0 Å². The fourth-order valence-corrected chi connectivity index (χ4v) is 3.13. The first-order chi connectivity index (χ1) is 11.2. The fraction of sp³-hybridized carbons (Fsp3) is 0.0526. The maximum Gasteiger partial charge on any atom is 0.0452 e. The van der Waals surface area contributed by atoms with E-state index >= 15 is 0 Å². The van der Waals surface area contributed by atoms with Gasteiger partial charge in [0.15, 0.2) is 0 Å². The molecule has 0 radical (unpaired) electrons. The zero-order valence-electron chi connectivity index (χ0n) is 12.7. The lowest BCUT2D eigenvalue weighted by Gasteiger charge is -2.04. The number of hydrogen-bond acceptors (Lipinski definition) is 3. The quantitative estimate of drug-likeness (QED) is 0.328. The Morgan fingerprint density at radius 1 is 0.696 bits per heavy atom. The summed E-state index contributed by atoms with van der Waals surface area (Å²) < 4.78 is 1.12. The lowest BCUT2D eigenvalue weighted by molar-refractivity contribution is 1.38. The molecular weight excluding hydrogens is 415 g/mol. The maximum atomic E-state index is 5.86. The van der Waals surface area contributed by atoms with Gasteiger partial charge < -0.3 is 11.5 Å². The minimum Gasteiger partial charge on any atom is -0.398 e. The first kappa shape index (κ1) is 17.7. The Labute approximate surface area is 155 Å². The van der Waals surface area contributed by atoms with Crippen LogP contribution in [0, 0.1) is 3.57 Å². The molecule has 0 saturated carbocycles. The molecule has 23 heavy (non-hydrogen) atoms. The molecule has 3 aromatic rings. The van der Waals surface area contributed by atoms with E-state index < -0.39 is 0 Å². The lowest BCUT2D eigenvalue weighted by Crippen LogP contribution is -1.87. The largest absolute Gasteiger partial charge is 0.398 e. The van der Waals surface area contributed by atoms with Gasteiger partial charge in [0.05, 0.1) is 0 Å². The summed E-state index contributed by atoms with van der Waals surface area (Å²) in [6.45, 7) is 0. The van der Waals surface area contributed by atoms with Crippen molar-refractivity contribution >= 4 is 45.7 Å². The third kappa shape index (κ3) is 6.15. The van der Waals surface area contributed by atoms with Crippen molar-refractivity contribution in [3.05, 3.63) is 88.0 Å². The second-order valence-corrected chi connectivity index (χ2v) is 7.01. The second-order valence-electron chi connectivity index (χ2n) is 4.83. The highest BCUT2D eigenvalue weighted by atomic mass is 127. The Morgan fingerprint density at radius 2 is 1.26 bits per heavy atom. The molecule has 0 saturated heterocycles. The minimum atomic E-state index is 0.855. The topological polar surface area (TPSA) is 52.0 Å². The van der Waals surface area contributed by atoms with Crippen molar-refractivity contribution < 1.29 is 0 Å². The summed E-state index contributed by atoms with van der Waals surface area (Å²) in [6.07, 6.45) is 0. The molecule has 0 fully saturated rings. The third-order valence-corrected chi connectivity index (χ3v) is 5.20. The van der Waals surface area contributed by atoms with Crippen LogP contribution < -0.4 is 11.5 Å².